The second kappa shape index (κ2) is 6.23. The molecule has 23 heavy (non-hydrogen) atoms. The van der Waals surface area contributed by atoms with E-state index in [9.17, 15) is 18.5 Å². The molecule has 1 aromatic carbocycles. The first kappa shape index (κ1) is 16.7. The van der Waals surface area contributed by atoms with Crippen molar-refractivity contribution in [3.8, 4) is 6.07 Å². The quantitative estimate of drug-likeness (QED) is 0.481. The zero-order chi connectivity index (χ0) is 17.2. The lowest BCUT2D eigenvalue weighted by Gasteiger charge is -2.01. The number of rotatable bonds is 3. The van der Waals surface area contributed by atoms with Gasteiger partial charge in [0.1, 0.15) is 6.07 Å². The fourth-order valence-corrected chi connectivity index (χ4v) is 2.97. The van der Waals surface area contributed by atoms with E-state index >= 15 is 0 Å². The maximum absolute atomic E-state index is 12.1. The molecular weight excluding hydrogens is 340 g/mol. The number of carbonyl (C=O) groups excluding carboxylic acids is 1. The topological polar surface area (TPSA) is 135 Å². The number of nitrogens with zero attached hydrogens (tertiary/aromatic N) is 2. The van der Waals surface area contributed by atoms with E-state index in [0.29, 0.717) is 15.8 Å². The van der Waals surface area contributed by atoms with E-state index in [1.165, 1.54) is 11.3 Å². The van der Waals surface area contributed by atoms with Gasteiger partial charge in [-0.2, -0.15) is 13.7 Å². The van der Waals surface area contributed by atoms with E-state index in [1.807, 2.05) is 13.0 Å². The third kappa shape index (κ3) is 3.97. The van der Waals surface area contributed by atoms with Gasteiger partial charge in [-0.05, 0) is 29.8 Å². The highest BCUT2D eigenvalue weighted by molar-refractivity contribution is 7.85. The van der Waals surface area contributed by atoms with Crippen LogP contribution in [0, 0.1) is 18.3 Å². The number of thiophene rings is 1. The second-order valence-corrected chi connectivity index (χ2v) is 7.24. The van der Waals surface area contributed by atoms with Crippen LogP contribution in [0.25, 0.3) is 10.1 Å². The molecule has 1 aromatic heterocycles. The minimum Gasteiger partial charge on any atom is -0.367 e. The number of fused-ring (bicyclic) bond motifs is 1. The Labute approximate surface area is 136 Å². The number of benzene rings is 1. The van der Waals surface area contributed by atoms with Crippen molar-refractivity contribution < 1.29 is 17.5 Å². The number of amides is 1. The standard InChI is InChI=1S/C13H12N4O4S2/c1-7-3-4-10-8(9(7)6-14)5-11(22-10)12(18)16-13(15)17-21-23(2,19)20/h3-5H,1-2H3,(H3,15,16,17,18). The Kier molecular flexibility index (Phi) is 4.53. The highest BCUT2D eigenvalue weighted by atomic mass is 32.2. The van der Waals surface area contributed by atoms with E-state index < -0.39 is 22.0 Å². The molecule has 0 aliphatic rings. The molecule has 2 rings (SSSR count). The summed E-state index contributed by atoms with van der Waals surface area (Å²) >= 11 is 1.18. The predicted octanol–water partition coefficient (Wildman–Crippen LogP) is 1.02. The van der Waals surface area contributed by atoms with Crippen LogP contribution in [0.3, 0.4) is 0 Å². The van der Waals surface area contributed by atoms with Gasteiger partial charge in [0.25, 0.3) is 5.91 Å². The predicted molar refractivity (Wildman–Crippen MR) is 86.3 cm³/mol. The average molecular weight is 352 g/mol. The van der Waals surface area contributed by atoms with Gasteiger partial charge in [0.2, 0.25) is 5.96 Å². The van der Waals surface area contributed by atoms with Crippen LogP contribution in [-0.4, -0.2) is 26.5 Å². The number of aryl methyl sites for hydroxylation is 1. The number of carbonyl (C=O) groups is 1. The number of nitrogens with one attached hydrogen (secondary N) is 1. The molecule has 1 heterocycles. The summed E-state index contributed by atoms with van der Waals surface area (Å²) in [5.41, 5.74) is 6.69. The summed E-state index contributed by atoms with van der Waals surface area (Å²) in [6, 6.07) is 7.30. The van der Waals surface area contributed by atoms with Crippen molar-refractivity contribution >= 4 is 43.4 Å². The normalized spacial score (nSPS) is 12.0. The summed E-state index contributed by atoms with van der Waals surface area (Å²) in [7, 11) is -3.81. The number of oxime groups is 1. The molecule has 0 fully saturated rings. The summed E-state index contributed by atoms with van der Waals surface area (Å²) in [5, 5.41) is 15.2. The zero-order valence-electron chi connectivity index (χ0n) is 12.2. The molecule has 3 N–H and O–H groups in total. The molecule has 0 aliphatic carbocycles. The fourth-order valence-electron chi connectivity index (χ4n) is 1.79. The van der Waals surface area contributed by atoms with Gasteiger partial charge in [0, 0.05) is 10.1 Å². The third-order valence-corrected chi connectivity index (χ3v) is 4.20. The maximum Gasteiger partial charge on any atom is 0.325 e. The van der Waals surface area contributed by atoms with Gasteiger partial charge in [-0.25, -0.2) is 0 Å². The number of hydrogen-bond donors (Lipinski definition) is 2. The van der Waals surface area contributed by atoms with Crippen LogP contribution in [0.15, 0.2) is 23.4 Å². The Morgan fingerprint density at radius 3 is 2.78 bits per heavy atom. The Morgan fingerprint density at radius 2 is 2.17 bits per heavy atom. The van der Waals surface area contributed by atoms with Gasteiger partial charge in [-0.1, -0.05) is 6.07 Å². The van der Waals surface area contributed by atoms with E-state index in [4.69, 9.17) is 5.73 Å². The minimum absolute atomic E-state index is 0.305. The van der Waals surface area contributed by atoms with Crippen LogP contribution in [0.1, 0.15) is 20.8 Å². The molecule has 120 valence electrons. The first-order chi connectivity index (χ1) is 10.7. The van der Waals surface area contributed by atoms with Crippen LogP contribution in [0.5, 0.6) is 0 Å². The van der Waals surface area contributed by atoms with E-state index in [1.54, 1.807) is 12.1 Å². The van der Waals surface area contributed by atoms with Crippen molar-refractivity contribution in [2.24, 2.45) is 10.9 Å². The van der Waals surface area contributed by atoms with Crippen molar-refractivity contribution in [3.63, 3.8) is 0 Å². The highest BCUT2D eigenvalue weighted by Gasteiger charge is 2.15. The van der Waals surface area contributed by atoms with Crippen LogP contribution in [0.4, 0.5) is 0 Å². The summed E-state index contributed by atoms with van der Waals surface area (Å²) in [5.74, 6) is -1.07. The SMILES string of the molecule is Cc1ccc2sc(C(=O)NC(N)=NOS(C)(=O)=O)cc2c1C#N. The van der Waals surface area contributed by atoms with Crippen LogP contribution >= 0.6 is 11.3 Å². The van der Waals surface area contributed by atoms with Crippen molar-refractivity contribution in [2.75, 3.05) is 6.26 Å². The van der Waals surface area contributed by atoms with E-state index in [2.05, 4.69) is 20.8 Å². The van der Waals surface area contributed by atoms with Crippen LogP contribution in [-0.2, 0) is 14.4 Å². The molecule has 0 saturated heterocycles. The number of nitrogens with two attached hydrogens (primary N) is 1. The van der Waals surface area contributed by atoms with Crippen molar-refractivity contribution in [1.29, 1.82) is 5.26 Å². The summed E-state index contributed by atoms with van der Waals surface area (Å²) in [4.78, 5) is 12.4. The molecule has 0 saturated carbocycles. The molecule has 0 aliphatic heterocycles. The molecule has 2 aromatic rings. The van der Waals surface area contributed by atoms with Crippen molar-refractivity contribution in [1.82, 2.24) is 5.32 Å². The van der Waals surface area contributed by atoms with Gasteiger partial charge in [0.15, 0.2) is 0 Å². The smallest absolute Gasteiger partial charge is 0.325 e. The van der Waals surface area contributed by atoms with Gasteiger partial charge in [0.05, 0.1) is 16.7 Å². The molecule has 0 atom stereocenters. The summed E-state index contributed by atoms with van der Waals surface area (Å²) in [6.07, 6.45) is 0.795. The highest BCUT2D eigenvalue weighted by Crippen LogP contribution is 2.29. The number of guanidine groups is 1. The number of hydrogen-bond acceptors (Lipinski definition) is 7. The maximum atomic E-state index is 12.1. The van der Waals surface area contributed by atoms with Gasteiger partial charge >= 0.3 is 10.1 Å². The molecule has 1 amide bonds. The zero-order valence-corrected chi connectivity index (χ0v) is 13.8. The van der Waals surface area contributed by atoms with E-state index in [-0.39, 0.29) is 0 Å². The largest absolute Gasteiger partial charge is 0.367 e. The van der Waals surface area contributed by atoms with Gasteiger partial charge in [-0.15, -0.1) is 11.3 Å². The molecular formula is C13H12N4O4S2. The van der Waals surface area contributed by atoms with Crippen LogP contribution < -0.4 is 11.1 Å². The average Bonchev–Trinajstić information content (AvgIpc) is 2.88. The first-order valence-corrected chi connectivity index (χ1v) is 8.81. The molecule has 0 spiro atoms. The molecule has 0 radical (unpaired) electrons. The molecule has 8 nitrogen and oxygen atoms in total. The van der Waals surface area contributed by atoms with Gasteiger partial charge in [-0.3, -0.25) is 14.4 Å². The molecule has 10 heteroatoms. The Morgan fingerprint density at radius 1 is 1.48 bits per heavy atom. The van der Waals surface area contributed by atoms with Crippen molar-refractivity contribution in [3.05, 3.63) is 34.2 Å². The van der Waals surface area contributed by atoms with Crippen LogP contribution in [0.2, 0.25) is 0 Å². The number of nitriles is 1. The fraction of sp³-hybridized carbons (Fsp3) is 0.154. The lowest BCUT2D eigenvalue weighted by atomic mass is 10.1. The van der Waals surface area contributed by atoms with Crippen molar-refractivity contribution in [2.45, 2.75) is 6.92 Å². The lowest BCUT2D eigenvalue weighted by molar-refractivity contribution is 0.0979. The molecule has 0 bridgehead atoms. The Hall–Kier alpha value is -2.64. The van der Waals surface area contributed by atoms with E-state index in [0.717, 1.165) is 16.5 Å². The third-order valence-electron chi connectivity index (χ3n) is 2.76. The Bertz CT molecular complexity index is 954. The monoisotopic (exact) mass is 352 g/mol. The Balaban J connectivity index is 2.27. The lowest BCUT2D eigenvalue weighted by Crippen LogP contribution is -2.36. The second-order valence-electron chi connectivity index (χ2n) is 4.60. The minimum atomic E-state index is -3.81. The first-order valence-electron chi connectivity index (χ1n) is 6.18. The summed E-state index contributed by atoms with van der Waals surface area (Å²) in [6.45, 7) is 1.81. The summed E-state index contributed by atoms with van der Waals surface area (Å²) < 4.78 is 26.5. The van der Waals surface area contributed by atoms with Gasteiger partial charge < -0.3 is 5.73 Å². The molecule has 0 unspecified atom stereocenters.